The number of halogens is 1. The molecule has 0 radical (unpaired) electrons. The molecule has 1 saturated heterocycles. The van der Waals surface area contributed by atoms with Crippen LogP contribution in [-0.4, -0.2) is 78.9 Å². The molecule has 0 aromatic heterocycles. The van der Waals surface area contributed by atoms with E-state index < -0.39 is 6.10 Å². The first-order chi connectivity index (χ1) is 13.2. The highest BCUT2D eigenvalue weighted by molar-refractivity contribution is 5.80. The van der Waals surface area contributed by atoms with E-state index in [2.05, 4.69) is 32.3 Å². The molecule has 2 unspecified atom stereocenters. The molecule has 0 aliphatic carbocycles. The maximum Gasteiger partial charge on any atom is 0.194 e. The minimum Gasteiger partial charge on any atom is -0.491 e. The number of nitrogens with zero attached hydrogens (tertiary/aromatic N) is 3. The van der Waals surface area contributed by atoms with Crippen molar-refractivity contribution in [1.82, 2.24) is 15.1 Å². The molecule has 27 heavy (non-hydrogen) atoms. The Morgan fingerprint density at radius 2 is 2.07 bits per heavy atom. The maximum absolute atomic E-state index is 12.9. The fraction of sp³-hybridized carbons (Fsp3) is 0.550. The Kier molecular flexibility index (Phi) is 7.06. The summed E-state index contributed by atoms with van der Waals surface area (Å²) in [5.41, 5.74) is 0. The molecule has 3 rings (SSSR count). The first kappa shape index (κ1) is 19.6. The first-order valence-corrected chi connectivity index (χ1v) is 9.64. The Labute approximate surface area is 160 Å². The van der Waals surface area contributed by atoms with E-state index in [0.717, 1.165) is 45.1 Å². The zero-order valence-electron chi connectivity index (χ0n) is 15.9. The van der Waals surface area contributed by atoms with Gasteiger partial charge in [-0.25, -0.2) is 4.39 Å². The van der Waals surface area contributed by atoms with Crippen molar-refractivity contribution in [2.24, 2.45) is 4.99 Å². The number of aliphatic hydroxyl groups is 1. The van der Waals surface area contributed by atoms with Crippen LogP contribution in [0.1, 0.15) is 13.3 Å². The Morgan fingerprint density at radius 3 is 2.78 bits per heavy atom. The van der Waals surface area contributed by atoms with Gasteiger partial charge in [-0.3, -0.25) is 9.89 Å². The van der Waals surface area contributed by atoms with Gasteiger partial charge in [-0.2, -0.15) is 0 Å². The van der Waals surface area contributed by atoms with Crippen molar-refractivity contribution in [2.45, 2.75) is 25.5 Å². The highest BCUT2D eigenvalue weighted by atomic mass is 19.1. The molecule has 0 spiro atoms. The van der Waals surface area contributed by atoms with E-state index in [1.165, 1.54) is 12.1 Å². The largest absolute Gasteiger partial charge is 0.491 e. The molecule has 0 bridgehead atoms. The average molecular weight is 376 g/mol. The van der Waals surface area contributed by atoms with E-state index in [4.69, 9.17) is 4.74 Å². The summed E-state index contributed by atoms with van der Waals surface area (Å²) < 4.78 is 18.4. The average Bonchev–Trinajstić information content (AvgIpc) is 3.36. The first-order valence-electron chi connectivity index (χ1n) is 9.64. The summed E-state index contributed by atoms with van der Waals surface area (Å²) in [4.78, 5) is 9.34. The molecule has 7 heteroatoms. The van der Waals surface area contributed by atoms with Crippen LogP contribution >= 0.6 is 0 Å². The second-order valence-electron chi connectivity index (χ2n) is 6.93. The van der Waals surface area contributed by atoms with Gasteiger partial charge >= 0.3 is 0 Å². The van der Waals surface area contributed by atoms with Crippen LogP contribution in [0.5, 0.6) is 5.75 Å². The van der Waals surface area contributed by atoms with Gasteiger partial charge in [-0.15, -0.1) is 0 Å². The normalized spacial score (nSPS) is 21.7. The van der Waals surface area contributed by atoms with Crippen LogP contribution < -0.4 is 10.1 Å². The van der Waals surface area contributed by atoms with Crippen LogP contribution in [0.25, 0.3) is 0 Å². The number of likely N-dealkylation sites (tertiary alicyclic amines) is 1. The third-order valence-electron chi connectivity index (χ3n) is 4.87. The van der Waals surface area contributed by atoms with Gasteiger partial charge in [0, 0.05) is 38.8 Å². The molecular weight excluding hydrogens is 347 g/mol. The van der Waals surface area contributed by atoms with Crippen molar-refractivity contribution in [3.8, 4) is 5.75 Å². The summed E-state index contributed by atoms with van der Waals surface area (Å²) in [5, 5.41) is 13.5. The molecule has 2 atom stereocenters. The van der Waals surface area contributed by atoms with Crippen molar-refractivity contribution < 1.29 is 14.2 Å². The Morgan fingerprint density at radius 1 is 1.33 bits per heavy atom. The van der Waals surface area contributed by atoms with Gasteiger partial charge in [0.1, 0.15) is 24.3 Å². The highest BCUT2D eigenvalue weighted by Crippen LogP contribution is 2.18. The third-order valence-corrected chi connectivity index (χ3v) is 4.87. The molecule has 148 valence electrons. The van der Waals surface area contributed by atoms with Crippen LogP contribution in [0.2, 0.25) is 0 Å². The van der Waals surface area contributed by atoms with Crippen molar-refractivity contribution in [3.05, 3.63) is 42.2 Å². The number of rotatable bonds is 7. The standard InChI is InChI=1S/C20H29FN4O2/c1-2-22-20(25-12-9-17(14-25)24-10-3-4-11-24)23-13-18(26)15-27-19-7-5-16(21)6-8-19/h3-8,17-18,26H,2,9-15H2,1H3,(H,22,23). The lowest BCUT2D eigenvalue weighted by Gasteiger charge is -2.25. The summed E-state index contributed by atoms with van der Waals surface area (Å²) in [6.45, 7) is 7.20. The molecule has 0 saturated carbocycles. The molecule has 1 fully saturated rings. The van der Waals surface area contributed by atoms with Crippen molar-refractivity contribution in [3.63, 3.8) is 0 Å². The zero-order chi connectivity index (χ0) is 19.1. The van der Waals surface area contributed by atoms with Crippen LogP contribution in [-0.2, 0) is 0 Å². The number of ether oxygens (including phenoxy) is 1. The van der Waals surface area contributed by atoms with E-state index in [1.807, 2.05) is 6.92 Å². The quantitative estimate of drug-likeness (QED) is 0.429. The predicted octanol–water partition coefficient (Wildman–Crippen LogP) is 1.48. The fourth-order valence-electron chi connectivity index (χ4n) is 3.42. The smallest absolute Gasteiger partial charge is 0.194 e. The van der Waals surface area contributed by atoms with Gasteiger partial charge < -0.3 is 20.1 Å². The number of aliphatic hydroxyl groups excluding tert-OH is 1. The lowest BCUT2D eigenvalue weighted by atomic mass is 10.2. The molecule has 1 aromatic rings. The van der Waals surface area contributed by atoms with Gasteiger partial charge in [0.05, 0.1) is 6.54 Å². The number of aliphatic imine (C=N–C) groups is 1. The second kappa shape index (κ2) is 9.71. The van der Waals surface area contributed by atoms with E-state index in [9.17, 15) is 9.50 Å². The van der Waals surface area contributed by atoms with E-state index in [1.54, 1.807) is 12.1 Å². The topological polar surface area (TPSA) is 60.3 Å². The van der Waals surface area contributed by atoms with Crippen LogP contribution in [0.4, 0.5) is 4.39 Å². The van der Waals surface area contributed by atoms with Gasteiger partial charge in [-0.1, -0.05) is 12.2 Å². The van der Waals surface area contributed by atoms with Gasteiger partial charge in [0.15, 0.2) is 5.96 Å². The second-order valence-corrected chi connectivity index (χ2v) is 6.93. The minimum absolute atomic E-state index is 0.122. The number of benzene rings is 1. The fourth-order valence-corrected chi connectivity index (χ4v) is 3.42. The summed E-state index contributed by atoms with van der Waals surface area (Å²) in [7, 11) is 0. The van der Waals surface area contributed by atoms with E-state index >= 15 is 0 Å². The Hall–Kier alpha value is -2.12. The Balaban J connectivity index is 1.48. The molecule has 0 amide bonds. The predicted molar refractivity (Wildman–Crippen MR) is 105 cm³/mol. The molecule has 1 aromatic carbocycles. The molecule has 2 N–H and O–H groups in total. The summed E-state index contributed by atoms with van der Waals surface area (Å²) >= 11 is 0. The molecule has 2 aliphatic rings. The summed E-state index contributed by atoms with van der Waals surface area (Å²) in [5.74, 6) is 1.07. The number of guanidine groups is 1. The lowest BCUT2D eigenvalue weighted by Crippen LogP contribution is -2.43. The van der Waals surface area contributed by atoms with E-state index in [-0.39, 0.29) is 19.0 Å². The highest BCUT2D eigenvalue weighted by Gasteiger charge is 2.29. The number of hydrogen-bond donors (Lipinski definition) is 2. The molecule has 2 heterocycles. The molecular formula is C20H29FN4O2. The Bertz CT molecular complexity index is 642. The van der Waals surface area contributed by atoms with E-state index in [0.29, 0.717) is 11.8 Å². The summed E-state index contributed by atoms with van der Waals surface area (Å²) in [6.07, 6.45) is 4.85. The maximum atomic E-state index is 12.9. The van der Waals surface area contributed by atoms with Crippen LogP contribution in [0.3, 0.4) is 0 Å². The SMILES string of the molecule is CCNC(=NCC(O)COc1ccc(F)cc1)N1CCC(N2CC=CC2)C1. The zero-order valence-corrected chi connectivity index (χ0v) is 15.9. The molecule has 2 aliphatic heterocycles. The van der Waals surface area contributed by atoms with Crippen LogP contribution in [0.15, 0.2) is 41.4 Å². The van der Waals surface area contributed by atoms with Crippen LogP contribution in [0, 0.1) is 5.82 Å². The van der Waals surface area contributed by atoms with Crippen molar-refractivity contribution >= 4 is 5.96 Å². The number of nitrogens with one attached hydrogen (secondary N) is 1. The van der Waals surface area contributed by atoms with Gasteiger partial charge in [0.2, 0.25) is 0 Å². The lowest BCUT2D eigenvalue weighted by molar-refractivity contribution is 0.114. The van der Waals surface area contributed by atoms with Crippen molar-refractivity contribution in [2.75, 3.05) is 45.9 Å². The number of hydrogen-bond acceptors (Lipinski definition) is 4. The van der Waals surface area contributed by atoms with Gasteiger partial charge in [0.25, 0.3) is 0 Å². The molecule has 6 nitrogen and oxygen atoms in total. The van der Waals surface area contributed by atoms with Gasteiger partial charge in [-0.05, 0) is 37.6 Å². The minimum atomic E-state index is -0.718. The monoisotopic (exact) mass is 376 g/mol. The van der Waals surface area contributed by atoms with Crippen molar-refractivity contribution in [1.29, 1.82) is 0 Å². The summed E-state index contributed by atoms with van der Waals surface area (Å²) in [6, 6.07) is 6.32. The third kappa shape index (κ3) is 5.68.